The minimum Gasteiger partial charge on any atom is -0.493 e. The van der Waals surface area contributed by atoms with E-state index < -0.39 is 0 Å². The molecule has 3 rings (SSSR count). The summed E-state index contributed by atoms with van der Waals surface area (Å²) >= 11 is 3.58. The first-order chi connectivity index (χ1) is 9.72. The Labute approximate surface area is 128 Å². The number of fused-ring (bicyclic) bond motifs is 1. The Balaban J connectivity index is 1.67. The maximum atomic E-state index is 5.75. The number of hydrogen-bond donors (Lipinski definition) is 1. The highest BCUT2D eigenvalue weighted by molar-refractivity contribution is 9.10. The summed E-state index contributed by atoms with van der Waals surface area (Å²) in [6.45, 7) is 4.63. The number of aryl methyl sites for hydroxylation is 1. The van der Waals surface area contributed by atoms with Crippen LogP contribution in [0.15, 0.2) is 40.9 Å². The van der Waals surface area contributed by atoms with E-state index in [4.69, 9.17) is 4.74 Å². The van der Waals surface area contributed by atoms with Gasteiger partial charge in [0.1, 0.15) is 5.75 Å². The van der Waals surface area contributed by atoms with Gasteiger partial charge in [0, 0.05) is 29.5 Å². The molecule has 2 aromatic carbocycles. The third-order valence-corrected chi connectivity index (χ3v) is 4.01. The average Bonchev–Trinajstić information content (AvgIpc) is 2.87. The Morgan fingerprint density at radius 3 is 2.95 bits per heavy atom. The van der Waals surface area contributed by atoms with E-state index in [9.17, 15) is 0 Å². The maximum Gasteiger partial charge on any atom is 0.127 e. The fourth-order valence-corrected chi connectivity index (χ4v) is 3.19. The Hall–Kier alpha value is -1.32. The van der Waals surface area contributed by atoms with E-state index in [1.165, 1.54) is 22.3 Å². The second-order valence-electron chi connectivity index (χ2n) is 5.24. The highest BCUT2D eigenvalue weighted by atomic mass is 79.9. The highest BCUT2D eigenvalue weighted by Crippen LogP contribution is 2.32. The molecule has 0 spiro atoms. The molecular formula is C17H18BrNO. The van der Waals surface area contributed by atoms with Crippen LogP contribution >= 0.6 is 15.9 Å². The summed E-state index contributed by atoms with van der Waals surface area (Å²) in [6, 6.07) is 12.9. The molecule has 0 aliphatic carbocycles. The van der Waals surface area contributed by atoms with Gasteiger partial charge in [-0.15, -0.1) is 0 Å². The Morgan fingerprint density at radius 1 is 1.20 bits per heavy atom. The average molecular weight is 332 g/mol. The molecule has 3 heteroatoms. The number of halogens is 1. The van der Waals surface area contributed by atoms with Gasteiger partial charge >= 0.3 is 0 Å². The number of hydrogen-bond acceptors (Lipinski definition) is 2. The maximum absolute atomic E-state index is 5.75. The lowest BCUT2D eigenvalue weighted by atomic mass is 10.1. The molecule has 0 radical (unpaired) electrons. The Bertz CT molecular complexity index is 624. The lowest BCUT2D eigenvalue weighted by molar-refractivity contribution is 0.352. The van der Waals surface area contributed by atoms with Crippen molar-refractivity contribution >= 4 is 15.9 Å². The summed E-state index contributed by atoms with van der Waals surface area (Å²) in [5.41, 5.74) is 5.17. The number of rotatable bonds is 4. The van der Waals surface area contributed by atoms with Crippen LogP contribution < -0.4 is 10.1 Å². The van der Waals surface area contributed by atoms with Crippen molar-refractivity contribution in [3.63, 3.8) is 0 Å². The summed E-state index contributed by atoms with van der Waals surface area (Å²) in [6.07, 6.45) is 1.01. The topological polar surface area (TPSA) is 21.3 Å². The minimum atomic E-state index is 0.802. The van der Waals surface area contributed by atoms with E-state index in [1.54, 1.807) is 0 Å². The molecule has 0 atom stereocenters. The third-order valence-electron chi connectivity index (χ3n) is 3.55. The monoisotopic (exact) mass is 331 g/mol. The van der Waals surface area contributed by atoms with Crippen LogP contribution in [-0.4, -0.2) is 6.61 Å². The van der Waals surface area contributed by atoms with Gasteiger partial charge in [-0.3, -0.25) is 0 Å². The standard InChI is InChI=1S/C17H18BrNO/c1-12-3-2-4-13(7-12)10-19-11-15-9-16(18)8-14-5-6-20-17(14)15/h2-4,7-9,19H,5-6,10-11H2,1H3. The summed E-state index contributed by atoms with van der Waals surface area (Å²) in [7, 11) is 0. The zero-order chi connectivity index (χ0) is 13.9. The zero-order valence-corrected chi connectivity index (χ0v) is 13.2. The highest BCUT2D eigenvalue weighted by Gasteiger charge is 2.16. The van der Waals surface area contributed by atoms with Crippen LogP contribution in [0.1, 0.15) is 22.3 Å². The summed E-state index contributed by atoms with van der Waals surface area (Å²) < 4.78 is 6.88. The largest absolute Gasteiger partial charge is 0.493 e. The van der Waals surface area contributed by atoms with Crippen LogP contribution in [0.5, 0.6) is 5.75 Å². The molecule has 104 valence electrons. The summed E-state index contributed by atoms with van der Waals surface area (Å²) in [5.74, 6) is 1.07. The fraction of sp³-hybridized carbons (Fsp3) is 0.294. The first-order valence-electron chi connectivity index (χ1n) is 6.93. The van der Waals surface area contributed by atoms with E-state index in [0.29, 0.717) is 0 Å². The van der Waals surface area contributed by atoms with Crippen molar-refractivity contribution in [3.8, 4) is 5.75 Å². The Kier molecular flexibility index (Phi) is 4.08. The van der Waals surface area contributed by atoms with Gasteiger partial charge in [-0.05, 0) is 30.2 Å². The van der Waals surface area contributed by atoms with Crippen LogP contribution in [-0.2, 0) is 19.5 Å². The SMILES string of the molecule is Cc1cccc(CNCc2cc(Br)cc3c2OCC3)c1. The van der Waals surface area contributed by atoms with Crippen molar-refractivity contribution in [3.05, 3.63) is 63.1 Å². The molecule has 1 N–H and O–H groups in total. The van der Waals surface area contributed by atoms with Crippen molar-refractivity contribution in [1.29, 1.82) is 0 Å². The number of ether oxygens (including phenoxy) is 1. The summed E-state index contributed by atoms with van der Waals surface area (Å²) in [5, 5.41) is 3.50. The van der Waals surface area contributed by atoms with Gasteiger partial charge < -0.3 is 10.1 Å². The van der Waals surface area contributed by atoms with Crippen LogP contribution in [0.2, 0.25) is 0 Å². The van der Waals surface area contributed by atoms with Crippen molar-refractivity contribution < 1.29 is 4.74 Å². The van der Waals surface area contributed by atoms with Gasteiger partial charge in [0.2, 0.25) is 0 Å². The van der Waals surface area contributed by atoms with Crippen molar-refractivity contribution in [2.75, 3.05) is 6.61 Å². The van der Waals surface area contributed by atoms with E-state index >= 15 is 0 Å². The second kappa shape index (κ2) is 5.98. The molecular weight excluding hydrogens is 314 g/mol. The Morgan fingerprint density at radius 2 is 2.10 bits per heavy atom. The lowest BCUT2D eigenvalue weighted by Gasteiger charge is -2.10. The molecule has 20 heavy (non-hydrogen) atoms. The third kappa shape index (κ3) is 3.05. The molecule has 0 amide bonds. The molecule has 0 unspecified atom stereocenters. The molecule has 0 fully saturated rings. The molecule has 0 aromatic heterocycles. The summed E-state index contributed by atoms with van der Waals surface area (Å²) in [4.78, 5) is 0. The van der Waals surface area contributed by atoms with E-state index in [1.807, 2.05) is 0 Å². The van der Waals surface area contributed by atoms with Gasteiger partial charge in [0.15, 0.2) is 0 Å². The van der Waals surface area contributed by atoms with Crippen LogP contribution in [0, 0.1) is 6.92 Å². The van der Waals surface area contributed by atoms with Gasteiger partial charge in [0.05, 0.1) is 6.61 Å². The van der Waals surface area contributed by atoms with Crippen LogP contribution in [0.3, 0.4) is 0 Å². The second-order valence-corrected chi connectivity index (χ2v) is 6.16. The van der Waals surface area contributed by atoms with Crippen LogP contribution in [0.4, 0.5) is 0 Å². The molecule has 0 saturated carbocycles. The quantitative estimate of drug-likeness (QED) is 0.914. The molecule has 0 bridgehead atoms. The smallest absolute Gasteiger partial charge is 0.127 e. The van der Waals surface area contributed by atoms with Crippen LogP contribution in [0.25, 0.3) is 0 Å². The van der Waals surface area contributed by atoms with Gasteiger partial charge in [-0.25, -0.2) is 0 Å². The van der Waals surface area contributed by atoms with E-state index in [2.05, 4.69) is 64.6 Å². The molecule has 2 aromatic rings. The van der Waals surface area contributed by atoms with E-state index in [0.717, 1.165) is 36.3 Å². The van der Waals surface area contributed by atoms with Gasteiger partial charge in [-0.2, -0.15) is 0 Å². The van der Waals surface area contributed by atoms with Crippen molar-refractivity contribution in [2.24, 2.45) is 0 Å². The lowest BCUT2D eigenvalue weighted by Crippen LogP contribution is -2.13. The normalized spacial score (nSPS) is 13.1. The molecule has 0 saturated heterocycles. The fourth-order valence-electron chi connectivity index (χ4n) is 2.64. The molecule has 1 heterocycles. The number of benzene rings is 2. The van der Waals surface area contributed by atoms with E-state index in [-0.39, 0.29) is 0 Å². The van der Waals surface area contributed by atoms with Crippen molar-refractivity contribution in [1.82, 2.24) is 5.32 Å². The first kappa shape index (κ1) is 13.7. The van der Waals surface area contributed by atoms with Crippen molar-refractivity contribution in [2.45, 2.75) is 26.4 Å². The van der Waals surface area contributed by atoms with Gasteiger partial charge in [0.25, 0.3) is 0 Å². The predicted molar refractivity (Wildman–Crippen MR) is 85.1 cm³/mol. The molecule has 1 aliphatic rings. The van der Waals surface area contributed by atoms with Gasteiger partial charge in [-0.1, -0.05) is 45.8 Å². The number of nitrogens with one attached hydrogen (secondary N) is 1. The zero-order valence-electron chi connectivity index (χ0n) is 11.6. The first-order valence-corrected chi connectivity index (χ1v) is 7.72. The predicted octanol–water partition coefficient (Wildman–Crippen LogP) is 3.98. The molecule has 2 nitrogen and oxygen atoms in total. The molecule has 1 aliphatic heterocycles. The minimum absolute atomic E-state index is 0.802.